The van der Waals surface area contributed by atoms with E-state index in [0.29, 0.717) is 0 Å². The molecular formula is C10H10F2N2S. The fourth-order valence-electron chi connectivity index (χ4n) is 1.34. The van der Waals surface area contributed by atoms with Crippen LogP contribution in [0.1, 0.15) is 12.6 Å². The first kappa shape index (κ1) is 10.3. The molecule has 0 aliphatic carbocycles. The van der Waals surface area contributed by atoms with Gasteiger partial charge in [-0.3, -0.25) is 4.68 Å². The highest BCUT2D eigenvalue weighted by atomic mass is 32.1. The number of aryl methyl sites for hydroxylation is 1. The lowest BCUT2D eigenvalue weighted by Crippen LogP contribution is -2.08. The van der Waals surface area contributed by atoms with Gasteiger partial charge in [-0.15, -0.1) is 11.3 Å². The van der Waals surface area contributed by atoms with Crippen molar-refractivity contribution < 1.29 is 8.78 Å². The normalized spacial score (nSPS) is 12.0. The Bertz CT molecular complexity index is 454. The SMILES string of the molecule is Cn1nc(C(C)(F)F)cc1-c1cccs1. The van der Waals surface area contributed by atoms with Crippen LogP contribution in [0, 0.1) is 0 Å². The molecule has 0 amide bonds. The van der Waals surface area contributed by atoms with Crippen LogP contribution in [0.5, 0.6) is 0 Å². The van der Waals surface area contributed by atoms with Crippen molar-refractivity contribution in [1.82, 2.24) is 9.78 Å². The molecule has 0 unspecified atom stereocenters. The van der Waals surface area contributed by atoms with Gasteiger partial charge in [-0.25, -0.2) is 0 Å². The minimum atomic E-state index is -2.88. The number of hydrogen-bond acceptors (Lipinski definition) is 2. The lowest BCUT2D eigenvalue weighted by molar-refractivity contribution is 0.0122. The Balaban J connectivity index is 2.47. The zero-order chi connectivity index (χ0) is 11.1. The predicted octanol–water partition coefficient (Wildman–Crippen LogP) is 3.26. The molecule has 0 radical (unpaired) electrons. The lowest BCUT2D eigenvalue weighted by atomic mass is 10.2. The van der Waals surface area contributed by atoms with Crippen LogP contribution in [0.2, 0.25) is 0 Å². The molecule has 0 aromatic carbocycles. The number of nitrogens with zero attached hydrogens (tertiary/aromatic N) is 2. The Kier molecular flexibility index (Phi) is 2.34. The van der Waals surface area contributed by atoms with Crippen molar-refractivity contribution in [2.45, 2.75) is 12.8 Å². The van der Waals surface area contributed by atoms with Gasteiger partial charge in [0.2, 0.25) is 0 Å². The molecule has 2 aromatic rings. The van der Waals surface area contributed by atoms with Crippen LogP contribution in [-0.4, -0.2) is 9.78 Å². The number of thiophene rings is 1. The Hall–Kier alpha value is -1.23. The largest absolute Gasteiger partial charge is 0.288 e. The maximum atomic E-state index is 13.0. The second-order valence-corrected chi connectivity index (χ2v) is 4.35. The van der Waals surface area contributed by atoms with E-state index in [1.165, 1.54) is 22.1 Å². The van der Waals surface area contributed by atoms with Crippen molar-refractivity contribution in [3.63, 3.8) is 0 Å². The van der Waals surface area contributed by atoms with E-state index in [-0.39, 0.29) is 5.69 Å². The molecule has 15 heavy (non-hydrogen) atoms. The maximum absolute atomic E-state index is 13.0. The summed E-state index contributed by atoms with van der Waals surface area (Å²) >= 11 is 1.51. The standard InChI is InChI=1S/C10H10F2N2S/c1-10(11,12)9-6-7(14(2)13-9)8-4-3-5-15-8/h3-6H,1-2H3. The first-order chi connectivity index (χ1) is 6.98. The highest BCUT2D eigenvalue weighted by Crippen LogP contribution is 2.31. The van der Waals surface area contributed by atoms with Crippen LogP contribution in [-0.2, 0) is 13.0 Å². The molecule has 0 bridgehead atoms. The summed E-state index contributed by atoms with van der Waals surface area (Å²) in [6.45, 7) is 0.855. The number of halogens is 2. The average molecular weight is 228 g/mol. The van der Waals surface area contributed by atoms with Gasteiger partial charge in [-0.2, -0.15) is 13.9 Å². The molecule has 0 aliphatic heterocycles. The van der Waals surface area contributed by atoms with Gasteiger partial charge in [0.25, 0.3) is 5.92 Å². The minimum Gasteiger partial charge on any atom is -0.267 e. The molecule has 0 N–H and O–H groups in total. The Labute approximate surface area is 90.2 Å². The van der Waals surface area contributed by atoms with E-state index in [1.54, 1.807) is 7.05 Å². The molecule has 80 valence electrons. The van der Waals surface area contributed by atoms with Crippen molar-refractivity contribution in [3.05, 3.63) is 29.3 Å². The van der Waals surface area contributed by atoms with Crippen LogP contribution >= 0.6 is 11.3 Å². The molecule has 0 fully saturated rings. The molecule has 0 saturated carbocycles. The summed E-state index contributed by atoms with van der Waals surface area (Å²) in [5, 5.41) is 5.72. The molecule has 0 aliphatic rings. The van der Waals surface area contributed by atoms with Gasteiger partial charge in [-0.05, 0) is 17.5 Å². The zero-order valence-electron chi connectivity index (χ0n) is 8.37. The van der Waals surface area contributed by atoms with Crippen LogP contribution in [0.25, 0.3) is 10.6 Å². The Morgan fingerprint density at radius 3 is 2.67 bits per heavy atom. The molecule has 2 nitrogen and oxygen atoms in total. The van der Waals surface area contributed by atoms with Crippen molar-refractivity contribution >= 4 is 11.3 Å². The van der Waals surface area contributed by atoms with Crippen LogP contribution < -0.4 is 0 Å². The molecular weight excluding hydrogens is 218 g/mol. The molecule has 5 heteroatoms. The monoisotopic (exact) mass is 228 g/mol. The fourth-order valence-corrected chi connectivity index (χ4v) is 2.11. The van der Waals surface area contributed by atoms with E-state index in [1.807, 2.05) is 17.5 Å². The highest BCUT2D eigenvalue weighted by Gasteiger charge is 2.28. The second kappa shape index (κ2) is 3.41. The highest BCUT2D eigenvalue weighted by molar-refractivity contribution is 7.13. The summed E-state index contributed by atoms with van der Waals surface area (Å²) in [6.07, 6.45) is 0. The maximum Gasteiger partial charge on any atom is 0.288 e. The van der Waals surface area contributed by atoms with Crippen LogP contribution in [0.15, 0.2) is 23.6 Å². The fraction of sp³-hybridized carbons (Fsp3) is 0.300. The number of rotatable bonds is 2. The Morgan fingerprint density at radius 2 is 2.20 bits per heavy atom. The van der Waals surface area contributed by atoms with E-state index >= 15 is 0 Å². The lowest BCUT2D eigenvalue weighted by Gasteiger charge is -2.03. The predicted molar refractivity (Wildman–Crippen MR) is 56.1 cm³/mol. The summed E-state index contributed by atoms with van der Waals surface area (Å²) in [5.41, 5.74) is 0.537. The van der Waals surface area contributed by atoms with Crippen molar-refractivity contribution in [2.75, 3.05) is 0 Å². The topological polar surface area (TPSA) is 17.8 Å². The van der Waals surface area contributed by atoms with Gasteiger partial charge < -0.3 is 0 Å². The molecule has 2 aromatic heterocycles. The van der Waals surface area contributed by atoms with Gasteiger partial charge in [-0.1, -0.05) is 6.07 Å². The minimum absolute atomic E-state index is 0.187. The third-order valence-electron chi connectivity index (χ3n) is 2.10. The van der Waals surface area contributed by atoms with E-state index in [0.717, 1.165) is 17.5 Å². The van der Waals surface area contributed by atoms with Crippen molar-refractivity contribution in [1.29, 1.82) is 0 Å². The molecule has 2 heterocycles. The summed E-state index contributed by atoms with van der Waals surface area (Å²) in [7, 11) is 1.67. The van der Waals surface area contributed by atoms with E-state index in [2.05, 4.69) is 5.10 Å². The first-order valence-electron chi connectivity index (χ1n) is 4.44. The summed E-state index contributed by atoms with van der Waals surface area (Å²) < 4.78 is 27.5. The average Bonchev–Trinajstić information content (AvgIpc) is 2.69. The van der Waals surface area contributed by atoms with Crippen molar-refractivity contribution in [3.8, 4) is 10.6 Å². The first-order valence-corrected chi connectivity index (χ1v) is 5.32. The summed E-state index contributed by atoms with van der Waals surface area (Å²) in [5.74, 6) is -2.88. The number of aromatic nitrogens is 2. The zero-order valence-corrected chi connectivity index (χ0v) is 9.18. The summed E-state index contributed by atoms with van der Waals surface area (Å²) in [4.78, 5) is 0.945. The second-order valence-electron chi connectivity index (χ2n) is 3.40. The molecule has 2 rings (SSSR count). The molecule has 0 spiro atoms. The van der Waals surface area contributed by atoms with Gasteiger partial charge in [0.05, 0.1) is 10.6 Å². The van der Waals surface area contributed by atoms with Gasteiger partial charge in [0, 0.05) is 14.0 Å². The molecule has 0 atom stereocenters. The third-order valence-corrected chi connectivity index (χ3v) is 3.00. The van der Waals surface area contributed by atoms with E-state index < -0.39 is 5.92 Å². The van der Waals surface area contributed by atoms with E-state index in [4.69, 9.17) is 0 Å². The van der Waals surface area contributed by atoms with Gasteiger partial charge in [0.1, 0.15) is 5.69 Å². The van der Waals surface area contributed by atoms with Crippen LogP contribution in [0.3, 0.4) is 0 Å². The van der Waals surface area contributed by atoms with Crippen LogP contribution in [0.4, 0.5) is 8.78 Å². The third kappa shape index (κ3) is 1.92. The Morgan fingerprint density at radius 1 is 1.47 bits per heavy atom. The summed E-state index contributed by atoms with van der Waals surface area (Å²) in [6, 6.07) is 5.21. The molecule has 0 saturated heterocycles. The number of hydrogen-bond donors (Lipinski definition) is 0. The van der Waals surface area contributed by atoms with E-state index in [9.17, 15) is 8.78 Å². The quantitative estimate of drug-likeness (QED) is 0.771. The van der Waals surface area contributed by atoms with Gasteiger partial charge >= 0.3 is 0 Å². The van der Waals surface area contributed by atoms with Gasteiger partial charge in [0.15, 0.2) is 0 Å². The number of alkyl halides is 2. The van der Waals surface area contributed by atoms with Crippen molar-refractivity contribution in [2.24, 2.45) is 7.05 Å². The smallest absolute Gasteiger partial charge is 0.267 e.